The molecule has 0 radical (unpaired) electrons. The Bertz CT molecular complexity index is 183. The summed E-state index contributed by atoms with van der Waals surface area (Å²) in [7, 11) is 0. The van der Waals surface area contributed by atoms with Gasteiger partial charge in [0.25, 0.3) is 0 Å². The third kappa shape index (κ3) is 1.45. The van der Waals surface area contributed by atoms with Gasteiger partial charge in [0, 0.05) is 6.42 Å². The molecule has 1 aliphatic carbocycles. The van der Waals surface area contributed by atoms with Crippen molar-refractivity contribution in [3.63, 3.8) is 0 Å². The van der Waals surface area contributed by atoms with Gasteiger partial charge >= 0.3 is 0 Å². The Hall–Kier alpha value is -0.770. The second kappa shape index (κ2) is 2.37. The van der Waals surface area contributed by atoms with Crippen molar-refractivity contribution in [2.45, 2.75) is 37.5 Å². The first-order valence-electron chi connectivity index (χ1n) is 3.95. The molecular weight excluding hydrogens is 144 g/mol. The third-order valence-corrected chi connectivity index (χ3v) is 2.33. The lowest BCUT2D eigenvalue weighted by Gasteiger charge is -2.18. The first-order valence-corrected chi connectivity index (χ1v) is 3.95. The molecule has 2 fully saturated rings. The Labute approximate surface area is 65.4 Å². The van der Waals surface area contributed by atoms with E-state index in [4.69, 9.17) is 4.74 Å². The molecule has 1 saturated carbocycles. The van der Waals surface area contributed by atoms with Crippen LogP contribution in [0.5, 0.6) is 0 Å². The van der Waals surface area contributed by atoms with E-state index in [1.807, 2.05) is 0 Å². The number of fused-ring (bicyclic) bond motifs is 1. The number of hydrazine groups is 1. The lowest BCUT2D eigenvalue weighted by molar-refractivity contribution is -0.522. The number of hydrogen-bond donors (Lipinski definition) is 1. The van der Waals surface area contributed by atoms with Crippen molar-refractivity contribution in [1.29, 1.82) is 0 Å². The quantitative estimate of drug-likeness (QED) is 0.202. The van der Waals surface area contributed by atoms with Gasteiger partial charge in [0.2, 0.25) is 0 Å². The van der Waals surface area contributed by atoms with Crippen molar-refractivity contribution in [1.82, 2.24) is 5.43 Å². The van der Waals surface area contributed by atoms with Gasteiger partial charge in [0.15, 0.2) is 6.72 Å². The Kier molecular flexibility index (Phi) is 1.49. The van der Waals surface area contributed by atoms with E-state index in [0.29, 0.717) is 17.1 Å². The number of ether oxygens (including phenoxy) is 1. The van der Waals surface area contributed by atoms with E-state index in [1.165, 1.54) is 0 Å². The summed E-state index contributed by atoms with van der Waals surface area (Å²) in [5, 5.41) is 10.5. The molecule has 1 N–H and O–H groups in total. The van der Waals surface area contributed by atoms with Gasteiger partial charge in [-0.1, -0.05) is 4.85 Å². The first kappa shape index (κ1) is 6.91. The van der Waals surface area contributed by atoms with E-state index in [1.54, 1.807) is 0 Å². The predicted octanol–water partition coefficient (Wildman–Crippen LogP) is 0.0218. The highest BCUT2D eigenvalue weighted by Crippen LogP contribution is 2.36. The molecule has 0 aromatic carbocycles. The van der Waals surface area contributed by atoms with Crippen LogP contribution in [0, 0.1) is 5.21 Å². The van der Waals surface area contributed by atoms with Gasteiger partial charge in [-0.2, -0.15) is 5.43 Å². The molecule has 62 valence electrons. The third-order valence-electron chi connectivity index (χ3n) is 2.33. The van der Waals surface area contributed by atoms with Crippen molar-refractivity contribution in [2.24, 2.45) is 0 Å². The summed E-state index contributed by atoms with van der Waals surface area (Å²) in [6.45, 7) is 3.20. The van der Waals surface area contributed by atoms with Crippen LogP contribution in [0.2, 0.25) is 0 Å². The number of rotatable bonds is 2. The molecule has 0 amide bonds. The SMILES string of the molecule is C=[N+]([O-])NC1CCC2OC2C1. The van der Waals surface area contributed by atoms with Gasteiger partial charge in [0.1, 0.15) is 0 Å². The molecule has 2 rings (SSSR count). The second-order valence-corrected chi connectivity index (χ2v) is 3.23. The maximum atomic E-state index is 10.5. The Morgan fingerprint density at radius 1 is 1.45 bits per heavy atom. The van der Waals surface area contributed by atoms with Gasteiger partial charge in [-0.05, 0) is 12.8 Å². The lowest BCUT2D eigenvalue weighted by atomic mass is 9.96. The normalized spacial score (nSPS) is 40.9. The van der Waals surface area contributed by atoms with Crippen LogP contribution in [-0.2, 0) is 4.74 Å². The van der Waals surface area contributed by atoms with Crippen molar-refractivity contribution < 1.29 is 9.58 Å². The Morgan fingerprint density at radius 2 is 2.27 bits per heavy atom. The summed E-state index contributed by atoms with van der Waals surface area (Å²) in [5.74, 6) is 0. The number of hydrazone groups is 1. The van der Waals surface area contributed by atoms with E-state index in [-0.39, 0.29) is 6.04 Å². The molecule has 1 aliphatic heterocycles. The monoisotopic (exact) mass is 156 g/mol. The first-order chi connectivity index (χ1) is 5.25. The molecule has 4 heteroatoms. The minimum Gasteiger partial charge on any atom is -0.597 e. The molecule has 3 unspecified atom stereocenters. The van der Waals surface area contributed by atoms with Crippen LogP contribution in [0.15, 0.2) is 0 Å². The molecule has 3 atom stereocenters. The van der Waals surface area contributed by atoms with Crippen LogP contribution >= 0.6 is 0 Å². The number of nitrogens with one attached hydrogen (secondary N) is 1. The summed E-state index contributed by atoms with van der Waals surface area (Å²) in [4.78, 5) is 0.535. The number of hydrogen-bond acceptors (Lipinski definition) is 3. The van der Waals surface area contributed by atoms with Crippen LogP contribution in [0.1, 0.15) is 19.3 Å². The number of epoxide rings is 1. The van der Waals surface area contributed by atoms with Crippen molar-refractivity contribution in [3.8, 4) is 0 Å². The summed E-state index contributed by atoms with van der Waals surface area (Å²) in [6.07, 6.45) is 3.98. The van der Waals surface area contributed by atoms with Gasteiger partial charge in [0.05, 0.1) is 18.2 Å². The molecule has 0 aromatic rings. The zero-order chi connectivity index (χ0) is 7.84. The average Bonchev–Trinajstić information content (AvgIpc) is 2.63. The lowest BCUT2D eigenvalue weighted by Crippen LogP contribution is -2.37. The smallest absolute Gasteiger partial charge is 0.171 e. The van der Waals surface area contributed by atoms with E-state index >= 15 is 0 Å². The van der Waals surface area contributed by atoms with Crippen LogP contribution in [0.4, 0.5) is 0 Å². The average molecular weight is 156 g/mol. The second-order valence-electron chi connectivity index (χ2n) is 3.23. The molecule has 2 aliphatic rings. The predicted molar refractivity (Wildman–Crippen MR) is 40.2 cm³/mol. The molecule has 1 saturated heterocycles. The molecule has 0 spiro atoms. The molecule has 1 heterocycles. The summed E-state index contributed by atoms with van der Waals surface area (Å²) in [5.41, 5.74) is 2.73. The fraction of sp³-hybridized carbons (Fsp3) is 0.857. The van der Waals surface area contributed by atoms with E-state index in [0.717, 1.165) is 19.3 Å². The largest absolute Gasteiger partial charge is 0.597 e. The molecule has 4 nitrogen and oxygen atoms in total. The van der Waals surface area contributed by atoms with Gasteiger partial charge < -0.3 is 9.94 Å². The number of nitrogens with zero attached hydrogens (tertiary/aromatic N) is 1. The van der Waals surface area contributed by atoms with Crippen molar-refractivity contribution in [2.75, 3.05) is 0 Å². The summed E-state index contributed by atoms with van der Waals surface area (Å²) >= 11 is 0. The highest BCUT2D eigenvalue weighted by atomic mass is 16.6. The standard InChI is InChI=1S/C7H12N2O2/c1-9(10)8-5-2-3-6-7(4-5)11-6/h5-8H,1-4H2. The van der Waals surface area contributed by atoms with Crippen LogP contribution in [0.25, 0.3) is 0 Å². The minimum atomic E-state index is 0.272. The molecule has 11 heavy (non-hydrogen) atoms. The Morgan fingerprint density at radius 3 is 2.91 bits per heavy atom. The molecular formula is C7H12N2O2. The summed E-state index contributed by atoms with van der Waals surface area (Å²) < 4.78 is 5.31. The summed E-state index contributed by atoms with van der Waals surface area (Å²) in [6, 6.07) is 0.272. The van der Waals surface area contributed by atoms with Gasteiger partial charge in [-0.25, -0.2) is 0 Å². The Balaban J connectivity index is 1.81. The van der Waals surface area contributed by atoms with Gasteiger partial charge in [-0.15, -0.1) is 0 Å². The zero-order valence-corrected chi connectivity index (χ0v) is 6.32. The van der Waals surface area contributed by atoms with E-state index in [2.05, 4.69) is 12.1 Å². The van der Waals surface area contributed by atoms with Crippen molar-refractivity contribution in [3.05, 3.63) is 5.21 Å². The fourth-order valence-corrected chi connectivity index (χ4v) is 1.73. The van der Waals surface area contributed by atoms with E-state index in [9.17, 15) is 5.21 Å². The zero-order valence-electron chi connectivity index (χ0n) is 6.32. The van der Waals surface area contributed by atoms with Gasteiger partial charge in [-0.3, -0.25) is 0 Å². The highest BCUT2D eigenvalue weighted by Gasteiger charge is 2.44. The molecule has 0 aromatic heterocycles. The topological polar surface area (TPSA) is 50.6 Å². The van der Waals surface area contributed by atoms with Crippen LogP contribution in [0.3, 0.4) is 0 Å². The minimum absolute atomic E-state index is 0.272. The van der Waals surface area contributed by atoms with E-state index < -0.39 is 0 Å². The maximum Gasteiger partial charge on any atom is 0.171 e. The van der Waals surface area contributed by atoms with Crippen molar-refractivity contribution >= 4 is 6.72 Å². The van der Waals surface area contributed by atoms with Crippen LogP contribution < -0.4 is 5.43 Å². The van der Waals surface area contributed by atoms with Crippen LogP contribution in [-0.4, -0.2) is 29.8 Å². The maximum absolute atomic E-state index is 10.5. The fourth-order valence-electron chi connectivity index (χ4n) is 1.73. The molecule has 0 bridgehead atoms. The highest BCUT2D eigenvalue weighted by molar-refractivity contribution is 5.14.